The Morgan fingerprint density at radius 1 is 1.50 bits per heavy atom. The zero-order valence-electron chi connectivity index (χ0n) is 12.4. The van der Waals surface area contributed by atoms with Gasteiger partial charge in [-0.25, -0.2) is 0 Å². The van der Waals surface area contributed by atoms with Crippen molar-refractivity contribution in [3.63, 3.8) is 0 Å². The van der Waals surface area contributed by atoms with Gasteiger partial charge in [-0.3, -0.25) is 11.3 Å². The molecule has 3 atom stereocenters. The Hall–Kier alpha value is -0.610. The van der Waals surface area contributed by atoms with Gasteiger partial charge in [0.1, 0.15) is 0 Å². The number of hydrogen-bond acceptors (Lipinski definition) is 3. The molecule has 0 heterocycles. The number of nitrogens with two attached hydrogens (primary N) is 1. The third-order valence-electron chi connectivity index (χ3n) is 4.33. The second kappa shape index (κ2) is 6.90. The molecule has 1 aromatic rings. The van der Waals surface area contributed by atoms with Gasteiger partial charge in [0, 0.05) is 11.6 Å². The average molecular weight is 297 g/mol. The van der Waals surface area contributed by atoms with E-state index in [0.717, 1.165) is 23.4 Å². The summed E-state index contributed by atoms with van der Waals surface area (Å²) in [6.45, 7) is 5.02. The van der Waals surface area contributed by atoms with Crippen molar-refractivity contribution < 1.29 is 4.74 Å². The molecular weight excluding hydrogens is 272 g/mol. The van der Waals surface area contributed by atoms with E-state index in [0.29, 0.717) is 12.5 Å². The number of hydrazine groups is 1. The lowest BCUT2D eigenvalue weighted by Gasteiger charge is -2.45. The lowest BCUT2D eigenvalue weighted by atomic mass is 9.73. The van der Waals surface area contributed by atoms with Gasteiger partial charge in [-0.05, 0) is 37.3 Å². The molecule has 1 aliphatic carbocycles. The molecule has 2 rings (SSSR count). The smallest absolute Gasteiger partial charge is 0.0892 e. The second-order valence-corrected chi connectivity index (χ2v) is 6.23. The molecule has 3 N–H and O–H groups in total. The number of halogens is 1. The van der Waals surface area contributed by atoms with Crippen molar-refractivity contribution >= 4 is 11.6 Å². The minimum atomic E-state index is -0.258. The Bertz CT molecular complexity index is 436. The van der Waals surface area contributed by atoms with E-state index < -0.39 is 0 Å². The molecule has 1 fully saturated rings. The van der Waals surface area contributed by atoms with Crippen molar-refractivity contribution in [2.45, 2.75) is 51.2 Å². The van der Waals surface area contributed by atoms with E-state index in [2.05, 4.69) is 12.3 Å². The summed E-state index contributed by atoms with van der Waals surface area (Å²) in [5, 5.41) is 0.743. The fourth-order valence-corrected chi connectivity index (χ4v) is 3.79. The van der Waals surface area contributed by atoms with Gasteiger partial charge in [0.25, 0.3) is 0 Å². The predicted octanol–water partition coefficient (Wildman–Crippen LogP) is 3.83. The Morgan fingerprint density at radius 2 is 2.25 bits per heavy atom. The molecule has 0 bridgehead atoms. The van der Waals surface area contributed by atoms with Crippen LogP contribution in [0.3, 0.4) is 0 Å². The number of benzene rings is 1. The molecule has 0 spiro atoms. The number of hydrogen-bond donors (Lipinski definition) is 2. The molecule has 0 aromatic heterocycles. The van der Waals surface area contributed by atoms with Crippen molar-refractivity contribution in [3.05, 3.63) is 34.9 Å². The van der Waals surface area contributed by atoms with Crippen molar-refractivity contribution in [3.8, 4) is 0 Å². The van der Waals surface area contributed by atoms with E-state index in [9.17, 15) is 0 Å². The molecule has 0 saturated heterocycles. The highest BCUT2D eigenvalue weighted by Crippen LogP contribution is 2.44. The van der Waals surface area contributed by atoms with Crippen molar-refractivity contribution in [1.29, 1.82) is 0 Å². The Kier molecular flexibility index (Phi) is 5.44. The quantitative estimate of drug-likeness (QED) is 0.641. The minimum Gasteiger partial charge on any atom is -0.373 e. The summed E-state index contributed by atoms with van der Waals surface area (Å²) in [7, 11) is 0. The molecule has 1 aromatic carbocycles. The number of ether oxygens (including phenoxy) is 1. The summed E-state index contributed by atoms with van der Waals surface area (Å²) < 4.78 is 6.20. The Morgan fingerprint density at radius 3 is 2.85 bits per heavy atom. The van der Waals surface area contributed by atoms with Crippen LogP contribution in [0.15, 0.2) is 24.3 Å². The molecule has 0 aliphatic heterocycles. The summed E-state index contributed by atoms with van der Waals surface area (Å²) in [6.07, 6.45) is 4.46. The first kappa shape index (κ1) is 15.8. The monoisotopic (exact) mass is 296 g/mol. The van der Waals surface area contributed by atoms with Gasteiger partial charge in [0.2, 0.25) is 0 Å². The van der Waals surface area contributed by atoms with E-state index >= 15 is 0 Å². The maximum absolute atomic E-state index is 6.36. The first-order valence-electron chi connectivity index (χ1n) is 7.47. The summed E-state index contributed by atoms with van der Waals surface area (Å²) in [5.74, 6) is 6.52. The van der Waals surface area contributed by atoms with Crippen LogP contribution in [-0.2, 0) is 4.74 Å². The van der Waals surface area contributed by atoms with E-state index in [4.69, 9.17) is 22.2 Å². The van der Waals surface area contributed by atoms with Gasteiger partial charge >= 0.3 is 0 Å². The zero-order chi connectivity index (χ0) is 14.6. The molecule has 3 nitrogen and oxygen atoms in total. The highest BCUT2D eigenvalue weighted by atomic mass is 35.5. The summed E-state index contributed by atoms with van der Waals surface area (Å²) >= 11 is 6.36. The van der Waals surface area contributed by atoms with Crippen LogP contribution >= 0.6 is 11.6 Å². The van der Waals surface area contributed by atoms with Crippen molar-refractivity contribution in [2.75, 3.05) is 6.61 Å². The molecule has 3 unspecified atom stereocenters. The van der Waals surface area contributed by atoms with Crippen molar-refractivity contribution in [1.82, 2.24) is 5.43 Å². The Labute approximate surface area is 126 Å². The standard InChI is InChI=1S/C16H25ClN2O/c1-3-20-16(10-6-7-12(2)11-16)15(19-18)13-8-4-5-9-14(13)17/h4-5,8-9,12,15,19H,3,6-7,10-11,18H2,1-2H3. The fraction of sp³-hybridized carbons (Fsp3) is 0.625. The Balaban J connectivity index is 2.37. The van der Waals surface area contributed by atoms with E-state index in [-0.39, 0.29) is 11.6 Å². The van der Waals surface area contributed by atoms with Crippen LogP contribution in [0.2, 0.25) is 5.02 Å². The number of nitrogens with one attached hydrogen (secondary N) is 1. The van der Waals surface area contributed by atoms with Crippen molar-refractivity contribution in [2.24, 2.45) is 11.8 Å². The average Bonchev–Trinajstić information content (AvgIpc) is 2.42. The molecule has 0 radical (unpaired) electrons. The molecular formula is C16H25ClN2O. The molecule has 20 heavy (non-hydrogen) atoms. The van der Waals surface area contributed by atoms with Crippen LogP contribution in [0.4, 0.5) is 0 Å². The van der Waals surface area contributed by atoms with Gasteiger partial charge in [0.05, 0.1) is 11.6 Å². The van der Waals surface area contributed by atoms with E-state index in [1.54, 1.807) is 0 Å². The summed E-state index contributed by atoms with van der Waals surface area (Å²) in [4.78, 5) is 0. The topological polar surface area (TPSA) is 47.3 Å². The van der Waals surface area contributed by atoms with Crippen LogP contribution < -0.4 is 11.3 Å². The third kappa shape index (κ3) is 3.17. The lowest BCUT2D eigenvalue weighted by molar-refractivity contribution is -0.102. The molecule has 0 amide bonds. The minimum absolute atomic E-state index is 0.0705. The first-order valence-corrected chi connectivity index (χ1v) is 7.85. The van der Waals surface area contributed by atoms with Crippen LogP contribution in [0.25, 0.3) is 0 Å². The maximum atomic E-state index is 6.36. The van der Waals surface area contributed by atoms with Gasteiger partial charge in [-0.15, -0.1) is 0 Å². The number of rotatable bonds is 5. The summed E-state index contributed by atoms with van der Waals surface area (Å²) in [5.41, 5.74) is 3.73. The molecule has 112 valence electrons. The normalized spacial score (nSPS) is 28.3. The van der Waals surface area contributed by atoms with Gasteiger partial charge < -0.3 is 4.74 Å². The zero-order valence-corrected chi connectivity index (χ0v) is 13.1. The molecule has 1 saturated carbocycles. The van der Waals surface area contributed by atoms with Crippen LogP contribution in [0, 0.1) is 5.92 Å². The summed E-state index contributed by atoms with van der Waals surface area (Å²) in [6, 6.07) is 7.81. The highest BCUT2D eigenvalue weighted by molar-refractivity contribution is 6.31. The van der Waals surface area contributed by atoms with E-state index in [1.807, 2.05) is 31.2 Å². The molecule has 4 heteroatoms. The first-order chi connectivity index (χ1) is 9.63. The lowest BCUT2D eigenvalue weighted by Crippen LogP contribution is -2.51. The van der Waals surface area contributed by atoms with E-state index in [1.165, 1.54) is 12.8 Å². The fourth-order valence-electron chi connectivity index (χ4n) is 3.54. The third-order valence-corrected chi connectivity index (χ3v) is 4.68. The predicted molar refractivity (Wildman–Crippen MR) is 83.5 cm³/mol. The SMILES string of the molecule is CCOC1(C(NN)c2ccccc2Cl)CCCC(C)C1. The van der Waals surface area contributed by atoms with Gasteiger partial charge in [-0.1, -0.05) is 49.6 Å². The maximum Gasteiger partial charge on any atom is 0.0892 e. The van der Waals surface area contributed by atoms with Crippen LogP contribution in [0.1, 0.15) is 51.1 Å². The van der Waals surface area contributed by atoms with Crippen LogP contribution in [-0.4, -0.2) is 12.2 Å². The molecule has 1 aliphatic rings. The largest absolute Gasteiger partial charge is 0.373 e. The van der Waals surface area contributed by atoms with Crippen LogP contribution in [0.5, 0.6) is 0 Å². The second-order valence-electron chi connectivity index (χ2n) is 5.82. The van der Waals surface area contributed by atoms with Gasteiger partial charge in [-0.2, -0.15) is 0 Å². The van der Waals surface area contributed by atoms with Gasteiger partial charge in [0.15, 0.2) is 0 Å². The highest BCUT2D eigenvalue weighted by Gasteiger charge is 2.43.